The van der Waals surface area contributed by atoms with Gasteiger partial charge < -0.3 is 0 Å². The zero-order valence-electron chi connectivity index (χ0n) is 15.1. The van der Waals surface area contributed by atoms with E-state index in [0.29, 0.717) is 0 Å². The van der Waals surface area contributed by atoms with Gasteiger partial charge in [0.05, 0.1) is 17.1 Å². The molecule has 0 radical (unpaired) electrons. The van der Waals surface area contributed by atoms with E-state index < -0.39 is 0 Å². The second-order valence-corrected chi connectivity index (χ2v) is 6.64. The molecule has 0 aliphatic rings. The maximum atomic E-state index is 4.42. The normalized spacial score (nSPS) is 12.9. The van der Waals surface area contributed by atoms with Gasteiger partial charge in [-0.25, -0.2) is 9.36 Å². The van der Waals surface area contributed by atoms with Crippen molar-refractivity contribution in [3.05, 3.63) is 90.5 Å². The van der Waals surface area contributed by atoms with Crippen molar-refractivity contribution in [3.8, 4) is 0 Å². The molecule has 0 saturated carbocycles. The molecule has 0 N–H and O–H groups in total. The molecule has 3 aromatic carbocycles. The fourth-order valence-corrected chi connectivity index (χ4v) is 3.40. The zero-order chi connectivity index (χ0) is 18.8. The Bertz CT molecular complexity index is 1250. The second-order valence-electron chi connectivity index (χ2n) is 6.64. The molecule has 1 atom stereocenters. The summed E-state index contributed by atoms with van der Waals surface area (Å²) in [5.74, 6) is 0. The summed E-state index contributed by atoms with van der Waals surface area (Å²) in [6, 6.07) is 26.3. The van der Waals surface area contributed by atoms with Gasteiger partial charge in [0.2, 0.25) is 0 Å². The van der Waals surface area contributed by atoms with Crippen LogP contribution >= 0.6 is 0 Å². The van der Waals surface area contributed by atoms with Gasteiger partial charge in [-0.15, -0.1) is 10.2 Å². The molecule has 0 fully saturated rings. The molecule has 5 aromatic rings. The van der Waals surface area contributed by atoms with Crippen molar-refractivity contribution in [2.24, 2.45) is 0 Å². The highest BCUT2D eigenvalue weighted by Crippen LogP contribution is 2.21. The molecule has 6 nitrogen and oxygen atoms in total. The van der Waals surface area contributed by atoms with Crippen LogP contribution in [-0.2, 0) is 6.42 Å². The highest BCUT2D eigenvalue weighted by Gasteiger charge is 2.14. The summed E-state index contributed by atoms with van der Waals surface area (Å²) in [6.45, 7) is 0. The lowest BCUT2D eigenvalue weighted by Gasteiger charge is -2.14. The molecule has 28 heavy (non-hydrogen) atoms. The van der Waals surface area contributed by atoms with E-state index in [9.17, 15) is 0 Å². The Hall–Kier alpha value is -3.80. The lowest BCUT2D eigenvalue weighted by molar-refractivity contribution is 0.533. The molecule has 5 rings (SSSR count). The number of rotatable bonds is 5. The highest BCUT2D eigenvalue weighted by molar-refractivity contribution is 5.76. The van der Waals surface area contributed by atoms with Gasteiger partial charge in [-0.05, 0) is 42.3 Å². The van der Waals surface area contributed by atoms with Crippen LogP contribution < -0.4 is 0 Å². The molecule has 0 aliphatic carbocycles. The molecule has 2 aromatic heterocycles. The summed E-state index contributed by atoms with van der Waals surface area (Å²) in [5.41, 5.74) is 4.98. The highest BCUT2D eigenvalue weighted by atomic mass is 15.4. The Morgan fingerprint density at radius 1 is 0.714 bits per heavy atom. The fraction of sp³-hybridized carbons (Fsp3) is 0.0909. The average Bonchev–Trinajstić information content (AvgIpc) is 3.36. The van der Waals surface area contributed by atoms with Crippen LogP contribution in [0.5, 0.6) is 0 Å². The minimum Gasteiger partial charge on any atom is -0.237 e. The van der Waals surface area contributed by atoms with Gasteiger partial charge in [0.1, 0.15) is 11.0 Å². The van der Waals surface area contributed by atoms with Crippen molar-refractivity contribution in [1.82, 2.24) is 30.0 Å². The minimum atomic E-state index is -0.00207. The number of allylic oxidation sites excluding steroid dienone is 1. The first-order chi connectivity index (χ1) is 13.9. The number of nitrogens with zero attached hydrogens (tertiary/aromatic N) is 6. The van der Waals surface area contributed by atoms with E-state index in [0.717, 1.165) is 28.5 Å². The van der Waals surface area contributed by atoms with Crippen molar-refractivity contribution in [2.75, 3.05) is 0 Å². The Morgan fingerprint density at radius 2 is 1.36 bits per heavy atom. The maximum absolute atomic E-state index is 4.42. The minimum absolute atomic E-state index is 0.00207. The predicted octanol–water partition coefficient (Wildman–Crippen LogP) is 4.13. The van der Waals surface area contributed by atoms with Crippen LogP contribution in [0.25, 0.3) is 28.3 Å². The van der Waals surface area contributed by atoms with Crippen molar-refractivity contribution in [3.63, 3.8) is 0 Å². The Labute approximate surface area is 161 Å². The van der Waals surface area contributed by atoms with Gasteiger partial charge in [-0.1, -0.05) is 65.0 Å². The lowest BCUT2D eigenvalue weighted by Crippen LogP contribution is -2.12. The SMILES string of the molecule is C(=Cn1nnc2ccccc21)C(Cc1ccccc1)n1nnc2ccccc21. The summed E-state index contributed by atoms with van der Waals surface area (Å²) in [6.07, 6.45) is 4.87. The summed E-state index contributed by atoms with van der Waals surface area (Å²) >= 11 is 0. The van der Waals surface area contributed by atoms with E-state index in [1.165, 1.54) is 5.56 Å². The number of benzene rings is 3. The molecule has 136 valence electrons. The van der Waals surface area contributed by atoms with Gasteiger partial charge in [-0.2, -0.15) is 0 Å². The van der Waals surface area contributed by atoms with E-state index >= 15 is 0 Å². The molecule has 0 bridgehead atoms. The lowest BCUT2D eigenvalue weighted by atomic mass is 10.1. The molecular weight excluding hydrogens is 348 g/mol. The summed E-state index contributed by atoms with van der Waals surface area (Å²) in [4.78, 5) is 0. The van der Waals surface area contributed by atoms with Crippen LogP contribution in [-0.4, -0.2) is 30.0 Å². The third-order valence-electron chi connectivity index (χ3n) is 4.81. The Morgan fingerprint density at radius 3 is 2.18 bits per heavy atom. The second kappa shape index (κ2) is 7.08. The van der Waals surface area contributed by atoms with E-state index in [4.69, 9.17) is 0 Å². The molecule has 0 amide bonds. The molecule has 0 aliphatic heterocycles. The fourth-order valence-electron chi connectivity index (χ4n) is 3.40. The number of fused-ring (bicyclic) bond motifs is 2. The van der Waals surface area contributed by atoms with Crippen molar-refractivity contribution < 1.29 is 0 Å². The molecular formula is C22H18N6. The van der Waals surface area contributed by atoms with E-state index in [2.05, 4.69) is 51.0 Å². The Balaban J connectivity index is 1.55. The standard InChI is InChI=1S/C22H18N6/c1-2-8-17(9-3-1)16-18(28-22-13-7-5-11-20(22)24-26-28)14-15-27-21-12-6-4-10-19(21)23-25-27/h1-15,18H,16H2. The first kappa shape index (κ1) is 16.4. The van der Waals surface area contributed by atoms with E-state index in [1.54, 1.807) is 4.68 Å². The van der Waals surface area contributed by atoms with Crippen molar-refractivity contribution >= 4 is 28.3 Å². The maximum Gasteiger partial charge on any atom is 0.113 e. The molecule has 2 heterocycles. The van der Waals surface area contributed by atoms with E-state index in [1.807, 2.05) is 65.5 Å². The zero-order valence-corrected chi connectivity index (χ0v) is 15.1. The summed E-state index contributed by atoms with van der Waals surface area (Å²) in [5, 5.41) is 17.2. The number of hydrogen-bond acceptors (Lipinski definition) is 4. The largest absolute Gasteiger partial charge is 0.237 e. The molecule has 6 heteroatoms. The van der Waals surface area contributed by atoms with E-state index in [-0.39, 0.29) is 6.04 Å². The third-order valence-corrected chi connectivity index (χ3v) is 4.81. The third kappa shape index (κ3) is 3.05. The number of aromatic nitrogens is 6. The van der Waals surface area contributed by atoms with Gasteiger partial charge in [-0.3, -0.25) is 0 Å². The summed E-state index contributed by atoms with van der Waals surface area (Å²) < 4.78 is 3.77. The number of para-hydroxylation sites is 2. The van der Waals surface area contributed by atoms with Crippen LogP contribution in [0, 0.1) is 0 Å². The molecule has 0 spiro atoms. The predicted molar refractivity (Wildman–Crippen MR) is 110 cm³/mol. The van der Waals surface area contributed by atoms with Crippen LogP contribution in [0.15, 0.2) is 84.9 Å². The first-order valence-electron chi connectivity index (χ1n) is 9.20. The van der Waals surface area contributed by atoms with Gasteiger partial charge in [0, 0.05) is 6.20 Å². The summed E-state index contributed by atoms with van der Waals surface area (Å²) in [7, 11) is 0. The van der Waals surface area contributed by atoms with Gasteiger partial charge >= 0.3 is 0 Å². The van der Waals surface area contributed by atoms with Crippen LogP contribution in [0.3, 0.4) is 0 Å². The Kier molecular flexibility index (Phi) is 4.14. The molecule has 1 unspecified atom stereocenters. The molecule has 0 saturated heterocycles. The topological polar surface area (TPSA) is 61.4 Å². The van der Waals surface area contributed by atoms with Crippen LogP contribution in [0.2, 0.25) is 0 Å². The van der Waals surface area contributed by atoms with Crippen LogP contribution in [0.4, 0.5) is 0 Å². The van der Waals surface area contributed by atoms with Crippen LogP contribution in [0.1, 0.15) is 11.6 Å². The van der Waals surface area contributed by atoms with Crippen molar-refractivity contribution in [1.29, 1.82) is 0 Å². The number of hydrogen-bond donors (Lipinski definition) is 0. The quantitative estimate of drug-likeness (QED) is 0.469. The van der Waals surface area contributed by atoms with Gasteiger partial charge in [0.25, 0.3) is 0 Å². The smallest absolute Gasteiger partial charge is 0.113 e. The van der Waals surface area contributed by atoms with Crippen molar-refractivity contribution in [2.45, 2.75) is 12.5 Å². The average molecular weight is 366 g/mol. The first-order valence-corrected chi connectivity index (χ1v) is 9.20. The monoisotopic (exact) mass is 366 g/mol. The van der Waals surface area contributed by atoms with Gasteiger partial charge in [0.15, 0.2) is 0 Å².